The quantitative estimate of drug-likeness (QED) is 0.685. The van der Waals surface area contributed by atoms with E-state index in [-0.39, 0.29) is 0 Å². The van der Waals surface area contributed by atoms with Crippen molar-refractivity contribution in [3.63, 3.8) is 0 Å². The molecule has 1 heterocycles. The number of rotatable bonds is 3. The first-order valence-corrected chi connectivity index (χ1v) is 6.73. The van der Waals surface area contributed by atoms with Crippen molar-refractivity contribution in [1.29, 1.82) is 0 Å². The molecule has 0 bridgehead atoms. The Hall–Kier alpha value is -0.0400. The molecule has 1 heteroatoms. The number of hydrogen-bond acceptors (Lipinski definition) is 1. The Labute approximate surface area is 95.2 Å². The Kier molecular flexibility index (Phi) is 3.12. The van der Waals surface area contributed by atoms with Gasteiger partial charge in [0.1, 0.15) is 0 Å². The normalized spacial score (nSPS) is 30.8. The first kappa shape index (κ1) is 11.4. The van der Waals surface area contributed by atoms with E-state index in [0.717, 1.165) is 18.0 Å². The average Bonchev–Trinajstić information content (AvgIpc) is 2.85. The van der Waals surface area contributed by atoms with Crippen molar-refractivity contribution >= 4 is 0 Å². The highest BCUT2D eigenvalue weighted by Gasteiger charge is 2.38. The lowest BCUT2D eigenvalue weighted by atomic mass is 9.87. The van der Waals surface area contributed by atoms with Gasteiger partial charge in [0.2, 0.25) is 0 Å². The lowest BCUT2D eigenvalue weighted by Gasteiger charge is -2.34. The molecule has 0 radical (unpaired) electrons. The van der Waals surface area contributed by atoms with Gasteiger partial charge in [0.15, 0.2) is 0 Å². The van der Waals surface area contributed by atoms with Gasteiger partial charge in [-0.15, -0.1) is 0 Å². The molecule has 0 aromatic rings. The number of hydrogen-bond donors (Lipinski definition) is 0. The molecule has 88 valence electrons. The summed E-state index contributed by atoms with van der Waals surface area (Å²) in [5.41, 5.74) is 0.497. The highest BCUT2D eigenvalue weighted by molar-refractivity contribution is 4.92. The van der Waals surface area contributed by atoms with Crippen molar-refractivity contribution < 1.29 is 0 Å². The van der Waals surface area contributed by atoms with Crippen LogP contribution < -0.4 is 0 Å². The third kappa shape index (κ3) is 2.96. The van der Waals surface area contributed by atoms with Crippen LogP contribution in [-0.2, 0) is 0 Å². The molecule has 1 nitrogen and oxygen atoms in total. The Bertz CT molecular complexity index is 212. The summed E-state index contributed by atoms with van der Waals surface area (Å²) in [4.78, 5) is 2.81. The fourth-order valence-corrected chi connectivity index (χ4v) is 3.17. The van der Waals surface area contributed by atoms with Crippen molar-refractivity contribution in [2.24, 2.45) is 11.3 Å². The zero-order chi connectivity index (χ0) is 11.1. The Morgan fingerprint density at radius 1 is 1.20 bits per heavy atom. The zero-order valence-corrected chi connectivity index (χ0v) is 10.9. The number of nitrogens with zero attached hydrogens (tertiary/aromatic N) is 1. The molecular weight excluding hydrogens is 182 g/mol. The van der Waals surface area contributed by atoms with E-state index in [1.807, 2.05) is 0 Å². The van der Waals surface area contributed by atoms with Gasteiger partial charge in [-0.2, -0.15) is 0 Å². The van der Waals surface area contributed by atoms with Gasteiger partial charge in [-0.3, -0.25) is 4.90 Å². The van der Waals surface area contributed by atoms with Crippen LogP contribution in [0.15, 0.2) is 0 Å². The maximum atomic E-state index is 2.81. The molecule has 1 saturated carbocycles. The first-order valence-electron chi connectivity index (χ1n) is 6.73. The smallest absolute Gasteiger partial charge is 0.0104 e. The van der Waals surface area contributed by atoms with Gasteiger partial charge in [-0.25, -0.2) is 0 Å². The summed E-state index contributed by atoms with van der Waals surface area (Å²) in [7, 11) is 0. The van der Waals surface area contributed by atoms with Crippen molar-refractivity contribution in [3.8, 4) is 0 Å². The lowest BCUT2D eigenvalue weighted by molar-refractivity contribution is 0.136. The summed E-state index contributed by atoms with van der Waals surface area (Å²) in [6.07, 6.45) is 7.22. The van der Waals surface area contributed by atoms with Gasteiger partial charge in [-0.1, -0.05) is 20.8 Å². The van der Waals surface area contributed by atoms with Gasteiger partial charge >= 0.3 is 0 Å². The molecule has 1 aliphatic carbocycles. The Morgan fingerprint density at radius 3 is 2.40 bits per heavy atom. The van der Waals surface area contributed by atoms with Crippen LogP contribution in [0, 0.1) is 11.3 Å². The van der Waals surface area contributed by atoms with E-state index in [4.69, 9.17) is 0 Å². The highest BCUT2D eigenvalue weighted by atomic mass is 15.2. The molecule has 0 spiro atoms. The molecule has 0 aromatic carbocycles. The molecule has 2 aliphatic rings. The second-order valence-corrected chi connectivity index (χ2v) is 6.88. The molecule has 2 atom stereocenters. The molecule has 0 aromatic heterocycles. The molecule has 1 saturated heterocycles. The van der Waals surface area contributed by atoms with Crippen LogP contribution in [-0.4, -0.2) is 23.5 Å². The first-order chi connectivity index (χ1) is 6.97. The summed E-state index contributed by atoms with van der Waals surface area (Å²) >= 11 is 0. The van der Waals surface area contributed by atoms with Crippen LogP contribution >= 0.6 is 0 Å². The van der Waals surface area contributed by atoms with Crippen molar-refractivity contribution in [2.75, 3.05) is 6.54 Å². The average molecular weight is 209 g/mol. The van der Waals surface area contributed by atoms with Crippen LogP contribution in [0.2, 0.25) is 0 Å². The Balaban J connectivity index is 1.92. The largest absolute Gasteiger partial charge is 0.297 e. The van der Waals surface area contributed by atoms with E-state index in [9.17, 15) is 0 Å². The summed E-state index contributed by atoms with van der Waals surface area (Å²) in [5.74, 6) is 1.03. The van der Waals surface area contributed by atoms with E-state index in [2.05, 4.69) is 32.6 Å². The van der Waals surface area contributed by atoms with Crippen LogP contribution in [0.5, 0.6) is 0 Å². The van der Waals surface area contributed by atoms with Crippen LogP contribution in [0.25, 0.3) is 0 Å². The van der Waals surface area contributed by atoms with E-state index in [1.54, 1.807) is 0 Å². The maximum Gasteiger partial charge on any atom is 0.0104 e. The summed E-state index contributed by atoms with van der Waals surface area (Å²) in [6, 6.07) is 1.74. The van der Waals surface area contributed by atoms with Crippen molar-refractivity contribution in [2.45, 2.75) is 71.9 Å². The van der Waals surface area contributed by atoms with E-state index in [0.29, 0.717) is 5.41 Å². The minimum absolute atomic E-state index is 0.497. The summed E-state index contributed by atoms with van der Waals surface area (Å²) < 4.78 is 0. The van der Waals surface area contributed by atoms with Gasteiger partial charge in [0.05, 0.1) is 0 Å². The van der Waals surface area contributed by atoms with Gasteiger partial charge in [-0.05, 0) is 56.9 Å². The van der Waals surface area contributed by atoms with Crippen molar-refractivity contribution in [1.82, 2.24) is 4.90 Å². The van der Waals surface area contributed by atoms with E-state index < -0.39 is 0 Å². The molecule has 1 aliphatic heterocycles. The molecule has 0 N–H and O–H groups in total. The fraction of sp³-hybridized carbons (Fsp3) is 1.00. The minimum atomic E-state index is 0.497. The second kappa shape index (κ2) is 4.08. The number of likely N-dealkylation sites (tertiary alicyclic amines) is 1. The third-order valence-corrected chi connectivity index (χ3v) is 4.10. The molecule has 0 amide bonds. The third-order valence-electron chi connectivity index (χ3n) is 4.10. The van der Waals surface area contributed by atoms with Gasteiger partial charge in [0, 0.05) is 12.1 Å². The van der Waals surface area contributed by atoms with Crippen LogP contribution in [0.4, 0.5) is 0 Å². The molecule has 15 heavy (non-hydrogen) atoms. The topological polar surface area (TPSA) is 3.24 Å². The predicted octanol–water partition coefficient (Wildman–Crippen LogP) is 3.69. The second-order valence-electron chi connectivity index (χ2n) is 6.88. The SMILES string of the molecule is CC(C1CC1)N1CCC[C@@H]1CC(C)(C)C. The fourth-order valence-electron chi connectivity index (χ4n) is 3.17. The highest BCUT2D eigenvalue weighted by Crippen LogP contribution is 2.39. The minimum Gasteiger partial charge on any atom is -0.297 e. The molecule has 2 fully saturated rings. The molecule has 1 unspecified atom stereocenters. The Morgan fingerprint density at radius 2 is 1.87 bits per heavy atom. The molecule has 2 rings (SSSR count). The van der Waals surface area contributed by atoms with Gasteiger partial charge in [0.25, 0.3) is 0 Å². The summed E-state index contributed by atoms with van der Waals surface area (Å²) in [5, 5.41) is 0. The molecular formula is C14H27N. The lowest BCUT2D eigenvalue weighted by Crippen LogP contribution is -2.40. The zero-order valence-electron chi connectivity index (χ0n) is 10.9. The monoisotopic (exact) mass is 209 g/mol. The van der Waals surface area contributed by atoms with E-state index in [1.165, 1.54) is 38.6 Å². The van der Waals surface area contributed by atoms with Gasteiger partial charge < -0.3 is 0 Å². The van der Waals surface area contributed by atoms with Crippen LogP contribution in [0.1, 0.15) is 59.8 Å². The summed E-state index contributed by atoms with van der Waals surface area (Å²) in [6.45, 7) is 11.0. The maximum absolute atomic E-state index is 2.81. The van der Waals surface area contributed by atoms with Crippen LogP contribution in [0.3, 0.4) is 0 Å². The standard InChI is InChI=1S/C14H27N/c1-11(12-7-8-12)15-9-5-6-13(15)10-14(2,3)4/h11-13H,5-10H2,1-4H3/t11?,13-/m1/s1. The van der Waals surface area contributed by atoms with Crippen molar-refractivity contribution in [3.05, 3.63) is 0 Å². The van der Waals surface area contributed by atoms with E-state index >= 15 is 0 Å². The predicted molar refractivity (Wildman–Crippen MR) is 66.0 cm³/mol.